The number of carbonyl (C=O) groups excluding carboxylic acids is 2. The highest BCUT2D eigenvalue weighted by Gasteiger charge is 2.14. The van der Waals surface area contributed by atoms with Gasteiger partial charge in [0.15, 0.2) is 5.16 Å². The molecule has 186 valence electrons. The number of carbonyl (C=O) groups is 2. The summed E-state index contributed by atoms with van der Waals surface area (Å²) in [6.45, 7) is 0. The number of benzene rings is 3. The standard InChI is InChI=1S/C25H19ClN6O3S2/c26-18-6-2-1-5-17(18)23-31-32-25(35-23)37-14-21(33)29-30-22(34)16-11-9-15(10-12-16)13-36-24-27-19-7-3-4-8-20(19)28-24/h1-12H,13-14H2,(H,27,28)(H,29,33)(H,30,34). The molecule has 0 atom stereocenters. The molecule has 0 bridgehead atoms. The maximum absolute atomic E-state index is 12.4. The van der Waals surface area contributed by atoms with Crippen LogP contribution in [0, 0.1) is 0 Å². The van der Waals surface area contributed by atoms with E-state index in [-0.39, 0.29) is 16.9 Å². The largest absolute Gasteiger partial charge is 0.411 e. The maximum Gasteiger partial charge on any atom is 0.277 e. The van der Waals surface area contributed by atoms with Gasteiger partial charge < -0.3 is 9.40 Å². The zero-order chi connectivity index (χ0) is 25.6. The number of halogens is 1. The molecule has 0 fully saturated rings. The molecule has 0 unspecified atom stereocenters. The zero-order valence-corrected chi connectivity index (χ0v) is 21.5. The van der Waals surface area contributed by atoms with E-state index < -0.39 is 11.8 Å². The van der Waals surface area contributed by atoms with Gasteiger partial charge in [-0.2, -0.15) is 0 Å². The highest BCUT2D eigenvalue weighted by atomic mass is 35.5. The third kappa shape index (κ3) is 6.31. The Hall–Kier alpha value is -3.80. The average molecular weight is 551 g/mol. The lowest BCUT2D eigenvalue weighted by molar-refractivity contribution is -0.119. The normalized spacial score (nSPS) is 10.9. The first kappa shape index (κ1) is 24.9. The van der Waals surface area contributed by atoms with Gasteiger partial charge in [-0.15, -0.1) is 10.2 Å². The number of hydrogen-bond donors (Lipinski definition) is 3. The number of nitrogens with zero attached hydrogens (tertiary/aromatic N) is 3. The Labute approximate surface area is 224 Å². The second-order valence-corrected chi connectivity index (χ2v) is 9.99. The van der Waals surface area contributed by atoms with Gasteiger partial charge in [-0.05, 0) is 42.0 Å². The smallest absolute Gasteiger partial charge is 0.277 e. The van der Waals surface area contributed by atoms with Crippen LogP contribution in [0.25, 0.3) is 22.5 Å². The van der Waals surface area contributed by atoms with Gasteiger partial charge in [0.1, 0.15) is 0 Å². The van der Waals surface area contributed by atoms with Gasteiger partial charge in [-0.3, -0.25) is 20.4 Å². The number of fused-ring (bicyclic) bond motifs is 1. The van der Waals surface area contributed by atoms with E-state index >= 15 is 0 Å². The van der Waals surface area contributed by atoms with E-state index in [9.17, 15) is 9.59 Å². The summed E-state index contributed by atoms with van der Waals surface area (Å²) in [6, 6.07) is 22.1. The lowest BCUT2D eigenvalue weighted by Crippen LogP contribution is -2.42. The first-order chi connectivity index (χ1) is 18.0. The highest BCUT2D eigenvalue weighted by Crippen LogP contribution is 2.28. The van der Waals surface area contributed by atoms with Gasteiger partial charge in [0, 0.05) is 11.3 Å². The van der Waals surface area contributed by atoms with E-state index in [2.05, 4.69) is 31.0 Å². The number of nitrogens with one attached hydrogen (secondary N) is 3. The molecule has 0 aliphatic carbocycles. The molecular weight excluding hydrogens is 532 g/mol. The molecule has 0 aliphatic rings. The van der Waals surface area contributed by atoms with E-state index in [1.54, 1.807) is 42.1 Å². The predicted octanol–water partition coefficient (Wildman–Crippen LogP) is 5.11. The number of H-pyrrole nitrogens is 1. The predicted molar refractivity (Wildman–Crippen MR) is 143 cm³/mol. The fraction of sp³-hybridized carbons (Fsp3) is 0.0800. The van der Waals surface area contributed by atoms with Crippen LogP contribution in [0.5, 0.6) is 0 Å². The number of aromatic amines is 1. The van der Waals surface area contributed by atoms with Crippen molar-refractivity contribution in [2.75, 3.05) is 5.75 Å². The van der Waals surface area contributed by atoms with Crippen molar-refractivity contribution in [1.29, 1.82) is 0 Å². The van der Waals surface area contributed by atoms with Crippen LogP contribution in [0.3, 0.4) is 0 Å². The van der Waals surface area contributed by atoms with Crippen molar-refractivity contribution in [1.82, 2.24) is 31.0 Å². The molecule has 3 N–H and O–H groups in total. The van der Waals surface area contributed by atoms with Crippen molar-refractivity contribution in [3.8, 4) is 11.5 Å². The van der Waals surface area contributed by atoms with E-state index in [0.29, 0.717) is 21.9 Å². The summed E-state index contributed by atoms with van der Waals surface area (Å²) < 4.78 is 5.55. The third-order valence-electron chi connectivity index (χ3n) is 5.11. The molecule has 0 aliphatic heterocycles. The van der Waals surface area contributed by atoms with Crippen LogP contribution in [-0.4, -0.2) is 37.7 Å². The minimum Gasteiger partial charge on any atom is -0.411 e. The lowest BCUT2D eigenvalue weighted by atomic mass is 10.1. The molecule has 0 saturated heterocycles. The van der Waals surface area contributed by atoms with Crippen LogP contribution < -0.4 is 10.9 Å². The molecule has 2 aromatic heterocycles. The van der Waals surface area contributed by atoms with Crippen LogP contribution >= 0.6 is 35.1 Å². The molecule has 12 heteroatoms. The van der Waals surface area contributed by atoms with Crippen molar-refractivity contribution in [3.63, 3.8) is 0 Å². The van der Waals surface area contributed by atoms with Crippen molar-refractivity contribution in [2.24, 2.45) is 0 Å². The second kappa shape index (κ2) is 11.5. The van der Waals surface area contributed by atoms with Gasteiger partial charge in [0.25, 0.3) is 11.1 Å². The van der Waals surface area contributed by atoms with E-state index in [0.717, 1.165) is 33.5 Å². The molecule has 3 aromatic carbocycles. The Bertz CT molecular complexity index is 1520. The molecule has 0 spiro atoms. The van der Waals surface area contributed by atoms with Crippen molar-refractivity contribution in [3.05, 3.63) is 88.9 Å². The van der Waals surface area contributed by atoms with E-state index in [1.165, 1.54) is 0 Å². The van der Waals surface area contributed by atoms with Crippen molar-refractivity contribution in [2.45, 2.75) is 16.1 Å². The number of imidazole rings is 1. The van der Waals surface area contributed by atoms with Crippen LogP contribution in [0.15, 0.2) is 87.6 Å². The summed E-state index contributed by atoms with van der Waals surface area (Å²) in [4.78, 5) is 32.4. The fourth-order valence-corrected chi connectivity index (χ4v) is 4.90. The number of para-hydroxylation sites is 2. The number of rotatable bonds is 8. The summed E-state index contributed by atoms with van der Waals surface area (Å²) in [5.41, 5.74) is 8.79. The number of thioether (sulfide) groups is 2. The molecule has 37 heavy (non-hydrogen) atoms. The van der Waals surface area contributed by atoms with Gasteiger partial charge in [-0.1, -0.05) is 71.5 Å². The molecule has 2 heterocycles. The van der Waals surface area contributed by atoms with Crippen molar-refractivity contribution >= 4 is 58.0 Å². The first-order valence-corrected chi connectivity index (χ1v) is 13.4. The van der Waals surface area contributed by atoms with Crippen molar-refractivity contribution < 1.29 is 14.0 Å². The van der Waals surface area contributed by atoms with E-state index in [4.69, 9.17) is 16.0 Å². The molecule has 9 nitrogen and oxygen atoms in total. The molecule has 0 saturated carbocycles. The minimum atomic E-state index is -0.423. The highest BCUT2D eigenvalue weighted by molar-refractivity contribution is 7.99. The monoisotopic (exact) mass is 550 g/mol. The third-order valence-corrected chi connectivity index (χ3v) is 7.20. The SMILES string of the molecule is O=C(CSc1nnc(-c2ccccc2Cl)o1)NNC(=O)c1ccc(CSc2nc3ccccc3[nH]2)cc1. The lowest BCUT2D eigenvalue weighted by Gasteiger charge is -2.07. The Balaban J connectivity index is 1.06. The molecule has 0 radical (unpaired) electrons. The van der Waals surface area contributed by atoms with Gasteiger partial charge >= 0.3 is 0 Å². The second-order valence-electron chi connectivity index (χ2n) is 7.69. The zero-order valence-electron chi connectivity index (χ0n) is 19.1. The summed E-state index contributed by atoms with van der Waals surface area (Å²) in [7, 11) is 0. The average Bonchev–Trinajstić information content (AvgIpc) is 3.57. The summed E-state index contributed by atoms with van der Waals surface area (Å²) in [6.07, 6.45) is 0. The summed E-state index contributed by atoms with van der Waals surface area (Å²) in [5.74, 6) is 0.0935. The quantitative estimate of drug-likeness (QED) is 0.180. The van der Waals surface area contributed by atoms with Crippen LogP contribution in [0.4, 0.5) is 0 Å². The summed E-state index contributed by atoms with van der Waals surface area (Å²) >= 11 is 8.77. The number of hydrazine groups is 1. The Morgan fingerprint density at radius 2 is 1.70 bits per heavy atom. The van der Waals surface area contributed by atoms with Crippen LogP contribution in [0.2, 0.25) is 5.02 Å². The van der Waals surface area contributed by atoms with Gasteiger partial charge in [-0.25, -0.2) is 4.98 Å². The fourth-order valence-electron chi connectivity index (χ4n) is 3.28. The first-order valence-electron chi connectivity index (χ1n) is 11.0. The summed E-state index contributed by atoms with van der Waals surface area (Å²) in [5, 5.41) is 9.41. The topological polar surface area (TPSA) is 126 Å². The Morgan fingerprint density at radius 3 is 2.51 bits per heavy atom. The van der Waals surface area contributed by atoms with Crippen LogP contribution in [0.1, 0.15) is 15.9 Å². The number of aromatic nitrogens is 4. The number of amides is 2. The molecular formula is C25H19ClN6O3S2. The maximum atomic E-state index is 12.4. The number of hydrogen-bond acceptors (Lipinski definition) is 8. The van der Waals surface area contributed by atoms with Gasteiger partial charge in [0.2, 0.25) is 11.8 Å². The molecule has 2 amide bonds. The molecule has 5 rings (SSSR count). The molecule has 5 aromatic rings. The minimum absolute atomic E-state index is 0.0254. The van der Waals surface area contributed by atoms with Crippen LogP contribution in [-0.2, 0) is 10.5 Å². The van der Waals surface area contributed by atoms with Gasteiger partial charge in [0.05, 0.1) is 27.4 Å². The Kier molecular flexibility index (Phi) is 7.73. The van der Waals surface area contributed by atoms with E-state index in [1.807, 2.05) is 42.5 Å². The Morgan fingerprint density at radius 1 is 0.919 bits per heavy atom.